The Morgan fingerprint density at radius 2 is 1.57 bits per heavy atom. The van der Waals surface area contributed by atoms with Gasteiger partial charge in [-0.2, -0.15) is 25.3 Å². The van der Waals surface area contributed by atoms with Crippen LogP contribution in [-0.2, 0) is 52.5 Å². The van der Waals surface area contributed by atoms with E-state index in [0.717, 1.165) is 15.7 Å². The number of carbonyl (C=O) groups is 1. The molecule has 1 atom stereocenters. The van der Waals surface area contributed by atoms with E-state index < -0.39 is 52.4 Å². The molecule has 0 radical (unpaired) electrons. The fraction of sp³-hybridized carbons (Fsp3) is 0.472. The molecule has 0 aliphatic carbocycles. The van der Waals surface area contributed by atoms with Gasteiger partial charge in [0.2, 0.25) is 0 Å². The number of aryl methyl sites for hydroxylation is 1. The minimum atomic E-state index is -4.57. The first-order valence-electron chi connectivity index (χ1n) is 17.0. The molecule has 2 aromatic rings. The molecule has 1 unspecified atom stereocenters. The summed E-state index contributed by atoms with van der Waals surface area (Å²) in [4.78, 5) is 19.5. The number of aromatic nitrogens is 1. The van der Waals surface area contributed by atoms with Crippen LogP contribution in [0.5, 0.6) is 0 Å². The fourth-order valence-electron chi connectivity index (χ4n) is 6.61. The van der Waals surface area contributed by atoms with Gasteiger partial charge in [0.1, 0.15) is 12.0 Å². The molecule has 17 heteroatoms. The van der Waals surface area contributed by atoms with Gasteiger partial charge in [-0.25, -0.2) is 4.57 Å². The van der Waals surface area contributed by atoms with E-state index in [1.807, 2.05) is 81.5 Å². The zero-order valence-corrected chi connectivity index (χ0v) is 34.6. The maximum Gasteiger partial charge on any atom is 0.327 e. The highest BCUT2D eigenvalue weighted by atomic mass is 79.9. The Kier molecular flexibility index (Phi) is 12.6. The van der Waals surface area contributed by atoms with Crippen molar-refractivity contribution in [3.63, 3.8) is 0 Å². The number of Topliss-reactive ketones (excluding diaryl/α,β-unsaturated/α-hetero) is 1. The molecule has 0 spiro atoms. The highest BCUT2D eigenvalue weighted by Crippen LogP contribution is 2.51. The van der Waals surface area contributed by atoms with Crippen LogP contribution in [0, 0.1) is 5.41 Å². The van der Waals surface area contributed by atoms with Crippen LogP contribution in [0.15, 0.2) is 80.9 Å². The van der Waals surface area contributed by atoms with Crippen molar-refractivity contribution in [1.29, 1.82) is 0 Å². The molecule has 0 amide bonds. The Balaban J connectivity index is 1.72. The SMILES string of the molecule is CC(C)(C)C(=O)CCC1(C)\C(=C/C=C/C=C/C2=Nc3c(cc(Br)c[n+]3CCCS(=O)(=O)O)C2(C)C)N(CCCS(=O)(=O)O)c2ccc(S(=O)(=O)O)cc21. The first-order valence-corrected chi connectivity index (χ1v) is 22.4. The molecule has 4 rings (SSSR count). The number of nitrogens with zero attached hydrogens (tertiary/aromatic N) is 3. The number of rotatable bonds is 15. The minimum Gasteiger partial charge on any atom is -0.344 e. The van der Waals surface area contributed by atoms with E-state index in [9.17, 15) is 43.7 Å². The Labute approximate surface area is 321 Å². The quantitative estimate of drug-likeness (QED) is 0.107. The van der Waals surface area contributed by atoms with Crippen LogP contribution in [0.25, 0.3) is 0 Å². The molecule has 0 fully saturated rings. The van der Waals surface area contributed by atoms with Gasteiger partial charge in [0.05, 0.1) is 38.4 Å². The smallest absolute Gasteiger partial charge is 0.327 e. The van der Waals surface area contributed by atoms with Gasteiger partial charge < -0.3 is 4.90 Å². The average molecular weight is 858 g/mol. The third-order valence-corrected chi connectivity index (χ3v) is 12.5. The second-order valence-corrected chi connectivity index (χ2v) is 20.6. The van der Waals surface area contributed by atoms with Gasteiger partial charge in [0.15, 0.2) is 5.71 Å². The number of halogens is 1. The number of carbonyl (C=O) groups excluding carboxylic acids is 1. The molecule has 290 valence electrons. The average Bonchev–Trinajstić information content (AvgIpc) is 3.39. The number of pyridine rings is 1. The van der Waals surface area contributed by atoms with Crippen molar-refractivity contribution < 1.29 is 48.3 Å². The number of anilines is 1. The van der Waals surface area contributed by atoms with Gasteiger partial charge >= 0.3 is 5.82 Å². The molecule has 1 aromatic carbocycles. The maximum atomic E-state index is 13.1. The summed E-state index contributed by atoms with van der Waals surface area (Å²) in [6.07, 6.45) is 11.6. The van der Waals surface area contributed by atoms with Crippen molar-refractivity contribution >= 4 is 69.3 Å². The van der Waals surface area contributed by atoms with Crippen LogP contribution in [0.1, 0.15) is 78.4 Å². The first-order chi connectivity index (χ1) is 24.2. The second kappa shape index (κ2) is 15.6. The lowest BCUT2D eigenvalue weighted by molar-refractivity contribution is -0.684. The standard InChI is InChI=1S/C36H46BrN3O10S3/c1-34(2,3)32(41)16-17-36(6)27-23-26(53(48,49)50)14-15-29(27)40(19-11-21-52(45,46)47)31(36)13-9-7-8-12-30-35(4,5)28-22-25(37)24-39(33(28)38-30)18-10-20-51(42,43)44/h7-9,12-15,22-24H,10-11,16-21H2,1-6H3,(H2-,42,43,44,45,46,47,48,49,50)/p+1. The van der Waals surface area contributed by atoms with E-state index in [4.69, 9.17) is 4.99 Å². The summed E-state index contributed by atoms with van der Waals surface area (Å²) in [5.41, 5.74) is 1.42. The summed E-state index contributed by atoms with van der Waals surface area (Å²) >= 11 is 3.53. The molecule has 3 N–H and O–H groups in total. The molecule has 13 nitrogen and oxygen atoms in total. The molecule has 0 saturated carbocycles. The lowest BCUT2D eigenvalue weighted by Gasteiger charge is -2.31. The summed E-state index contributed by atoms with van der Waals surface area (Å²) in [6.45, 7) is 11.9. The number of aliphatic imine (C=N–C) groups is 1. The van der Waals surface area contributed by atoms with Gasteiger partial charge in [-0.1, -0.05) is 39.0 Å². The Hall–Kier alpha value is -3.06. The van der Waals surface area contributed by atoms with Crippen molar-refractivity contribution in [2.75, 3.05) is 23.0 Å². The largest absolute Gasteiger partial charge is 0.344 e. The van der Waals surface area contributed by atoms with Gasteiger partial charge in [0, 0.05) is 41.6 Å². The number of hydrogen-bond donors (Lipinski definition) is 3. The van der Waals surface area contributed by atoms with Gasteiger partial charge in [-0.05, 0) is 96.5 Å². The Bertz CT molecular complexity index is 2240. The van der Waals surface area contributed by atoms with Crippen LogP contribution in [0.3, 0.4) is 0 Å². The number of benzene rings is 1. The number of hydrogen-bond acceptors (Lipinski definition) is 9. The van der Waals surface area contributed by atoms with E-state index >= 15 is 0 Å². The fourth-order valence-corrected chi connectivity index (χ4v) is 8.58. The van der Waals surface area contributed by atoms with Crippen LogP contribution in [0.4, 0.5) is 11.5 Å². The topological polar surface area (TPSA) is 200 Å². The lowest BCUT2D eigenvalue weighted by atomic mass is 9.75. The highest BCUT2D eigenvalue weighted by Gasteiger charge is 2.45. The molecule has 0 bridgehead atoms. The molecule has 0 saturated heterocycles. The summed E-state index contributed by atoms with van der Waals surface area (Å²) in [5.74, 6) is -0.197. The van der Waals surface area contributed by atoms with Crippen molar-refractivity contribution in [2.24, 2.45) is 10.4 Å². The van der Waals surface area contributed by atoms with Crippen molar-refractivity contribution in [1.82, 2.24) is 0 Å². The third-order valence-electron chi connectivity index (χ3n) is 9.63. The molecule has 2 aliphatic heterocycles. The van der Waals surface area contributed by atoms with Crippen LogP contribution < -0.4 is 9.47 Å². The van der Waals surface area contributed by atoms with Gasteiger partial charge in [0.25, 0.3) is 30.4 Å². The van der Waals surface area contributed by atoms with Crippen LogP contribution >= 0.6 is 15.9 Å². The summed E-state index contributed by atoms with van der Waals surface area (Å²) in [5, 5.41) is 0. The van der Waals surface area contributed by atoms with Gasteiger partial charge in [-0.15, -0.1) is 0 Å². The second-order valence-electron chi connectivity index (χ2n) is 15.1. The zero-order chi connectivity index (χ0) is 39.8. The van der Waals surface area contributed by atoms with Crippen LogP contribution in [0.2, 0.25) is 0 Å². The summed E-state index contributed by atoms with van der Waals surface area (Å²) in [7, 11) is -12.9. The summed E-state index contributed by atoms with van der Waals surface area (Å²) < 4.78 is 101. The predicted molar refractivity (Wildman–Crippen MR) is 208 cm³/mol. The van der Waals surface area contributed by atoms with Crippen LogP contribution in [-0.4, -0.2) is 68.5 Å². The van der Waals surface area contributed by atoms with E-state index in [0.29, 0.717) is 35.7 Å². The normalized spacial score (nSPS) is 19.7. The van der Waals surface area contributed by atoms with E-state index in [1.165, 1.54) is 12.1 Å². The van der Waals surface area contributed by atoms with E-state index in [1.54, 1.807) is 18.2 Å². The van der Waals surface area contributed by atoms with Crippen molar-refractivity contribution in [2.45, 2.75) is 89.5 Å². The lowest BCUT2D eigenvalue weighted by Crippen LogP contribution is -2.36. The highest BCUT2D eigenvalue weighted by molar-refractivity contribution is 9.10. The van der Waals surface area contributed by atoms with E-state index in [-0.39, 0.29) is 42.2 Å². The number of fused-ring (bicyclic) bond motifs is 2. The molecule has 3 heterocycles. The van der Waals surface area contributed by atoms with Gasteiger partial charge in [-0.3, -0.25) is 18.5 Å². The number of allylic oxidation sites excluding steroid dienone is 6. The molecule has 53 heavy (non-hydrogen) atoms. The summed E-state index contributed by atoms with van der Waals surface area (Å²) in [6, 6.07) is 6.17. The Morgan fingerprint density at radius 1 is 0.925 bits per heavy atom. The minimum absolute atomic E-state index is 0.00147. The molecular weight excluding hydrogens is 811 g/mol. The number of ketones is 1. The third kappa shape index (κ3) is 10.4. The van der Waals surface area contributed by atoms with Crippen molar-refractivity contribution in [3.8, 4) is 0 Å². The van der Waals surface area contributed by atoms with E-state index in [2.05, 4.69) is 15.9 Å². The molecular formula is C36H47BrN3O10S3+. The Morgan fingerprint density at radius 3 is 2.17 bits per heavy atom. The predicted octanol–water partition coefficient (Wildman–Crippen LogP) is 6.07. The maximum absolute atomic E-state index is 13.1. The zero-order valence-electron chi connectivity index (χ0n) is 30.6. The first kappa shape index (κ1) is 42.7. The molecule has 1 aromatic heterocycles. The monoisotopic (exact) mass is 856 g/mol. The van der Waals surface area contributed by atoms with Crippen molar-refractivity contribution in [3.05, 3.63) is 82.1 Å². The molecule has 2 aliphatic rings.